The predicted octanol–water partition coefficient (Wildman–Crippen LogP) is 15.5. The van der Waals surface area contributed by atoms with Crippen LogP contribution in [0.4, 0.5) is 15.3 Å². The fourth-order valence-corrected chi connectivity index (χ4v) is 11.2. The number of Topliss-reactive ketones (excluding diaryl/α,β-unsaturated/α-hetero) is 1. The molecule has 4 heterocycles. The van der Waals surface area contributed by atoms with E-state index in [-0.39, 0.29) is 17.8 Å². The van der Waals surface area contributed by atoms with Crippen LogP contribution >= 0.6 is 82.7 Å². The summed E-state index contributed by atoms with van der Waals surface area (Å²) < 4.78 is 18.5. The molecule has 2 aliphatic heterocycles. The number of urea groups is 2. The van der Waals surface area contributed by atoms with Gasteiger partial charge in [-0.3, -0.25) is 9.69 Å². The number of ether oxygens (including phenoxy) is 3. The Bertz CT molecular complexity index is 3410. The number of thiocarbonyl (C=S) groups is 1. The third-order valence-corrected chi connectivity index (χ3v) is 16.7. The van der Waals surface area contributed by atoms with Gasteiger partial charge < -0.3 is 35.9 Å². The molecule has 0 radical (unpaired) electrons. The lowest BCUT2D eigenvalue weighted by molar-refractivity contribution is 0.102. The number of carbonyl (C=O) groups excluding carboxylic acids is 3. The van der Waals surface area contributed by atoms with Gasteiger partial charge in [0.15, 0.2) is 5.78 Å². The second kappa shape index (κ2) is 36.2. The van der Waals surface area contributed by atoms with E-state index in [4.69, 9.17) is 42.1 Å². The zero-order valence-electron chi connectivity index (χ0n) is 48.9. The van der Waals surface area contributed by atoms with Crippen LogP contribution in [-0.2, 0) is 53.3 Å². The minimum absolute atomic E-state index is 0.0318. The fourth-order valence-electron chi connectivity index (χ4n) is 8.52. The first-order chi connectivity index (χ1) is 41.0. The van der Waals surface area contributed by atoms with Crippen molar-refractivity contribution in [3.63, 3.8) is 0 Å². The zero-order valence-corrected chi connectivity index (χ0v) is 56.1. The number of hydrogen-bond acceptors (Lipinski definition) is 11. The van der Waals surface area contributed by atoms with Crippen LogP contribution in [0.1, 0.15) is 91.2 Å². The normalized spacial score (nSPS) is 12.2. The molecular formula is C66H74Br3N7O6S3. The molecule has 2 saturated heterocycles. The molecule has 13 nitrogen and oxygen atoms in total. The number of nitrogens with two attached hydrogens (primary N) is 1. The number of halogens is 3. The summed E-state index contributed by atoms with van der Waals surface area (Å²) in [4.78, 5) is 44.8. The van der Waals surface area contributed by atoms with Gasteiger partial charge in [-0.15, -0.1) is 22.7 Å². The molecule has 2 aromatic heterocycles. The van der Waals surface area contributed by atoms with E-state index in [1.54, 1.807) is 39.7 Å². The third kappa shape index (κ3) is 23.0. The molecule has 19 heteroatoms. The van der Waals surface area contributed by atoms with Crippen LogP contribution < -0.4 is 26.6 Å². The van der Waals surface area contributed by atoms with E-state index >= 15 is 0 Å². The highest BCUT2D eigenvalue weighted by Crippen LogP contribution is 2.29. The van der Waals surface area contributed by atoms with Crippen LogP contribution in [0, 0.1) is 20.8 Å². The van der Waals surface area contributed by atoms with Gasteiger partial charge in [0.2, 0.25) is 0 Å². The average Bonchev–Trinajstić information content (AvgIpc) is 4.54. The first kappa shape index (κ1) is 68.1. The van der Waals surface area contributed by atoms with Crippen molar-refractivity contribution in [2.24, 2.45) is 5.73 Å². The van der Waals surface area contributed by atoms with Crippen LogP contribution in [0.25, 0.3) is 22.5 Å². The smallest absolute Gasteiger partial charge is 0.321 e. The second-order valence-corrected chi connectivity index (χ2v) is 24.4. The Morgan fingerprint density at radius 1 is 0.600 bits per heavy atom. The first-order valence-corrected chi connectivity index (χ1v) is 32.9. The fraction of sp³-hybridized carbons (Fsp3) is 0.303. The summed E-state index contributed by atoms with van der Waals surface area (Å²) in [5, 5.41) is 14.8. The number of rotatable bonds is 20. The monoisotopic (exact) mass is 1390 g/mol. The van der Waals surface area contributed by atoms with Crippen molar-refractivity contribution in [1.82, 2.24) is 25.9 Å². The van der Waals surface area contributed by atoms with Crippen LogP contribution in [0.3, 0.4) is 0 Å². The summed E-state index contributed by atoms with van der Waals surface area (Å²) in [5.41, 5.74) is 22.7. The maximum Gasteiger partial charge on any atom is 0.321 e. The molecule has 448 valence electrons. The number of benzene rings is 6. The molecule has 5 N–H and O–H groups in total. The predicted molar refractivity (Wildman–Crippen MR) is 363 cm³/mol. The topological polar surface area (TPSA) is 170 Å². The lowest BCUT2D eigenvalue weighted by Gasteiger charge is -2.14. The minimum Gasteiger partial charge on any atom is -0.393 e. The molecule has 6 aromatic carbocycles. The van der Waals surface area contributed by atoms with Gasteiger partial charge in [0, 0.05) is 107 Å². The van der Waals surface area contributed by atoms with Gasteiger partial charge in [-0.2, -0.15) is 0 Å². The minimum atomic E-state index is -0.0463. The quantitative estimate of drug-likeness (QED) is 0.0327. The Balaban J connectivity index is 0.000000185. The van der Waals surface area contributed by atoms with Crippen LogP contribution in [0.15, 0.2) is 147 Å². The van der Waals surface area contributed by atoms with Gasteiger partial charge in [-0.1, -0.05) is 151 Å². The van der Waals surface area contributed by atoms with Crippen molar-refractivity contribution in [2.75, 3.05) is 56.2 Å². The third-order valence-electron chi connectivity index (χ3n) is 13.3. The number of amides is 4. The number of nitrogens with one attached hydrogen (secondary N) is 3. The van der Waals surface area contributed by atoms with E-state index in [1.165, 1.54) is 50.1 Å². The van der Waals surface area contributed by atoms with E-state index in [2.05, 4.69) is 174 Å². The molecule has 0 atom stereocenters. The van der Waals surface area contributed by atoms with Crippen LogP contribution in [0.5, 0.6) is 0 Å². The second-order valence-electron chi connectivity index (χ2n) is 19.6. The highest BCUT2D eigenvalue weighted by molar-refractivity contribution is 9.10. The largest absolute Gasteiger partial charge is 0.393 e. The Hall–Kier alpha value is -6.00. The molecule has 0 spiro atoms. The van der Waals surface area contributed by atoms with E-state index in [1.807, 2.05) is 57.2 Å². The number of aryl methyl sites for hydroxylation is 3. The Morgan fingerprint density at radius 3 is 1.41 bits per heavy atom. The summed E-state index contributed by atoms with van der Waals surface area (Å²) in [6.07, 6.45) is 2.36. The zero-order chi connectivity index (χ0) is 61.1. The highest BCUT2D eigenvalue weighted by Gasteiger charge is 2.21. The number of hydrogen-bond donors (Lipinski definition) is 4. The molecule has 85 heavy (non-hydrogen) atoms. The standard InChI is InChI=1S/C23H25N3O2S.C20H20BrNOS.C12H17NOS.C8H6Br2O.C3H6N2O/c1-3-28-14-17-5-4-16(2)19(12-17)13-22-25-21(15-29-22)18-6-8-20(9-7-18)26-11-10-24-23(26)27;1-3-23-12-15-5-4-14(2)17(10-15)11-20-22-19(13-24-20)16-6-8-18(21)9-7-16;1-3-14-8-10-5-4-9(2)11(6-10)7-12(13)15;9-5-8(11)6-1-3-7(10)4-2-6;6-3-4-1-2-5-3/h4-9,12,15H,3,10-11,13-14H2,1-2H3,(H,24,27);4-10,13H,3,11-12H2,1-2H3;4-6H,3,7-8H2,1-2H3,(H2,13,15);1-4H,5H2;1-2H2,(H2,4,5,6). The van der Waals surface area contributed by atoms with Gasteiger partial charge in [-0.05, 0) is 128 Å². The number of anilines is 1. The van der Waals surface area contributed by atoms with Crippen LogP contribution in [-0.4, -0.2) is 84.1 Å². The maximum atomic E-state index is 11.8. The Morgan fingerprint density at radius 2 is 1.02 bits per heavy atom. The van der Waals surface area contributed by atoms with Crippen molar-refractivity contribution in [3.8, 4) is 22.5 Å². The molecule has 2 aliphatic rings. The molecule has 10 rings (SSSR count). The highest BCUT2D eigenvalue weighted by atomic mass is 79.9. The molecule has 0 bridgehead atoms. The summed E-state index contributed by atoms with van der Waals surface area (Å²) in [6.45, 7) is 19.5. The lowest BCUT2D eigenvalue weighted by atomic mass is 10.0. The number of alkyl halides is 1. The van der Waals surface area contributed by atoms with Crippen molar-refractivity contribution in [2.45, 2.75) is 80.6 Å². The van der Waals surface area contributed by atoms with E-state index in [0.29, 0.717) is 49.6 Å². The maximum absolute atomic E-state index is 11.8. The molecular weight excluding hydrogens is 1320 g/mol. The molecule has 4 amide bonds. The molecule has 0 saturated carbocycles. The van der Waals surface area contributed by atoms with Gasteiger partial charge in [-0.25, -0.2) is 19.6 Å². The summed E-state index contributed by atoms with van der Waals surface area (Å²) in [6, 6.07) is 42.9. The average molecular weight is 1400 g/mol. The van der Waals surface area contributed by atoms with Gasteiger partial charge in [0.25, 0.3) is 0 Å². The summed E-state index contributed by atoms with van der Waals surface area (Å²) in [7, 11) is 0. The number of nitrogens with zero attached hydrogens (tertiary/aromatic N) is 3. The molecule has 0 unspecified atom stereocenters. The van der Waals surface area contributed by atoms with E-state index in [9.17, 15) is 14.4 Å². The summed E-state index contributed by atoms with van der Waals surface area (Å²) >= 11 is 18.2. The molecule has 8 aromatic rings. The van der Waals surface area contributed by atoms with Crippen molar-refractivity contribution < 1.29 is 28.6 Å². The summed E-state index contributed by atoms with van der Waals surface area (Å²) in [5.74, 6) is 0.109. The van der Waals surface area contributed by atoms with Crippen molar-refractivity contribution in [3.05, 3.63) is 213 Å². The number of carbonyl (C=O) groups is 3. The number of ketones is 1. The number of aromatic nitrogens is 2. The van der Waals surface area contributed by atoms with E-state index < -0.39 is 0 Å². The number of thiazole rings is 2. The van der Waals surface area contributed by atoms with E-state index in [0.717, 1.165) is 98.5 Å². The lowest BCUT2D eigenvalue weighted by Crippen LogP contribution is -2.27. The van der Waals surface area contributed by atoms with Gasteiger partial charge >= 0.3 is 12.1 Å². The van der Waals surface area contributed by atoms with Crippen molar-refractivity contribution >= 4 is 111 Å². The Labute approximate surface area is 539 Å². The Kier molecular flexibility index (Phi) is 29.0. The van der Waals surface area contributed by atoms with Crippen LogP contribution in [0.2, 0.25) is 0 Å². The SMILES string of the molecule is CCOCc1ccc(C)c(CC(N)=S)c1.CCOCc1ccc(C)c(Cc2nc(-c3ccc(Br)cc3)cs2)c1.CCOCc1ccc(C)c(Cc2nc(-c3ccc(N4CCNC4=O)cc3)cs2)c1.O=C(CBr)c1ccc(Br)cc1.O=C1NCCN1. The van der Waals surface area contributed by atoms with Crippen molar-refractivity contribution in [1.29, 1.82) is 0 Å². The first-order valence-electron chi connectivity index (χ1n) is 28.0. The van der Waals surface area contributed by atoms with Gasteiger partial charge in [0.05, 0.1) is 51.5 Å². The van der Waals surface area contributed by atoms with Gasteiger partial charge in [0.1, 0.15) is 0 Å². The molecule has 0 aliphatic carbocycles. The molecule has 2 fully saturated rings.